The Balaban J connectivity index is 2.82. The Bertz CT molecular complexity index is 491. The van der Waals surface area contributed by atoms with Gasteiger partial charge in [-0.1, -0.05) is 15.9 Å². The van der Waals surface area contributed by atoms with Crippen LogP contribution in [0.15, 0.2) is 16.6 Å². The molecule has 1 unspecified atom stereocenters. The fourth-order valence-electron chi connectivity index (χ4n) is 1.32. The van der Waals surface area contributed by atoms with Crippen molar-refractivity contribution in [2.75, 3.05) is 12.3 Å². The van der Waals surface area contributed by atoms with Crippen molar-refractivity contribution >= 4 is 33.4 Å². The predicted octanol–water partition coefficient (Wildman–Crippen LogP) is -0.0843. The third kappa shape index (κ3) is 3.44. The zero-order chi connectivity index (χ0) is 13.9. The number of nitrogen functional groups attached to an aromatic ring is 1. The fourth-order valence-corrected chi connectivity index (χ4v) is 1.80. The van der Waals surface area contributed by atoms with Crippen molar-refractivity contribution in [1.82, 2.24) is 5.32 Å². The van der Waals surface area contributed by atoms with Gasteiger partial charge in [-0.05, 0) is 24.6 Å². The first kappa shape index (κ1) is 14.5. The Morgan fingerprint density at radius 3 is 2.67 bits per heavy atom. The lowest BCUT2D eigenvalue weighted by molar-refractivity contribution is -0.125. The van der Waals surface area contributed by atoms with Crippen molar-refractivity contribution < 1.29 is 14.7 Å². The van der Waals surface area contributed by atoms with E-state index in [4.69, 9.17) is 11.5 Å². The zero-order valence-electron chi connectivity index (χ0n) is 9.74. The highest BCUT2D eigenvalue weighted by Gasteiger charge is 2.15. The number of aliphatic hydroxyl groups excluding tert-OH is 1. The second kappa shape index (κ2) is 5.83. The molecule has 0 saturated carbocycles. The molecule has 0 aliphatic rings. The normalized spacial score (nSPS) is 11.9. The van der Waals surface area contributed by atoms with E-state index in [1.54, 1.807) is 19.1 Å². The van der Waals surface area contributed by atoms with Gasteiger partial charge in [0.05, 0.1) is 6.54 Å². The quantitative estimate of drug-likeness (QED) is 0.581. The molecule has 1 aromatic carbocycles. The number of amides is 2. The van der Waals surface area contributed by atoms with Crippen LogP contribution in [0.25, 0.3) is 0 Å². The maximum atomic E-state index is 11.8. The van der Waals surface area contributed by atoms with E-state index < -0.39 is 17.9 Å². The molecule has 6 N–H and O–H groups in total. The Morgan fingerprint density at radius 1 is 1.50 bits per heavy atom. The first-order valence-corrected chi connectivity index (χ1v) is 5.93. The van der Waals surface area contributed by atoms with Crippen LogP contribution in [0.4, 0.5) is 5.69 Å². The van der Waals surface area contributed by atoms with Crippen LogP contribution in [-0.2, 0) is 4.79 Å². The summed E-state index contributed by atoms with van der Waals surface area (Å²) in [4.78, 5) is 22.5. The molecule has 18 heavy (non-hydrogen) atoms. The molecule has 0 bridgehead atoms. The van der Waals surface area contributed by atoms with Crippen LogP contribution in [0.5, 0.6) is 0 Å². The molecule has 0 radical (unpaired) electrons. The number of carbonyl (C=O) groups excluding carboxylic acids is 2. The van der Waals surface area contributed by atoms with Gasteiger partial charge in [0.25, 0.3) is 5.91 Å². The molecule has 7 heteroatoms. The van der Waals surface area contributed by atoms with E-state index in [1.165, 1.54) is 0 Å². The predicted molar refractivity (Wildman–Crippen MR) is 70.8 cm³/mol. The summed E-state index contributed by atoms with van der Waals surface area (Å²) >= 11 is 3.24. The third-order valence-electron chi connectivity index (χ3n) is 2.44. The Kier molecular flexibility index (Phi) is 4.69. The minimum absolute atomic E-state index is 0.236. The van der Waals surface area contributed by atoms with Gasteiger partial charge in [-0.2, -0.15) is 0 Å². The molecule has 98 valence electrons. The molecule has 0 saturated heterocycles. The summed E-state index contributed by atoms with van der Waals surface area (Å²) in [6, 6.07) is 3.29. The van der Waals surface area contributed by atoms with Crippen molar-refractivity contribution in [1.29, 1.82) is 0 Å². The third-order valence-corrected chi connectivity index (χ3v) is 2.90. The number of hydrogen-bond donors (Lipinski definition) is 4. The van der Waals surface area contributed by atoms with Crippen molar-refractivity contribution in [3.05, 3.63) is 27.7 Å². The SMILES string of the molecule is Cc1c(N)cc(Br)cc1C(=O)NCC(O)C(N)=O. The first-order valence-electron chi connectivity index (χ1n) is 5.14. The molecule has 0 spiro atoms. The number of nitrogens with two attached hydrogens (primary N) is 2. The van der Waals surface area contributed by atoms with Crippen LogP contribution in [0, 0.1) is 6.92 Å². The average molecular weight is 316 g/mol. The van der Waals surface area contributed by atoms with Crippen molar-refractivity contribution in [2.45, 2.75) is 13.0 Å². The minimum atomic E-state index is -1.40. The lowest BCUT2D eigenvalue weighted by atomic mass is 10.1. The lowest BCUT2D eigenvalue weighted by Gasteiger charge is -2.12. The second-order valence-corrected chi connectivity index (χ2v) is 4.71. The molecule has 0 aliphatic heterocycles. The van der Waals surface area contributed by atoms with Gasteiger partial charge in [-0.15, -0.1) is 0 Å². The average Bonchev–Trinajstić information content (AvgIpc) is 2.29. The van der Waals surface area contributed by atoms with Gasteiger partial charge >= 0.3 is 0 Å². The largest absolute Gasteiger partial charge is 0.398 e. The Hall–Kier alpha value is -1.60. The van der Waals surface area contributed by atoms with Crippen LogP contribution >= 0.6 is 15.9 Å². The molecule has 0 aliphatic carbocycles. The van der Waals surface area contributed by atoms with Crippen LogP contribution in [-0.4, -0.2) is 29.6 Å². The number of anilines is 1. The standard InChI is InChI=1S/C11H14BrN3O3/c1-5-7(2-6(12)3-8(5)13)11(18)15-4-9(16)10(14)17/h2-3,9,16H,4,13H2,1H3,(H2,14,17)(H,15,18). The second-order valence-electron chi connectivity index (χ2n) is 3.80. The smallest absolute Gasteiger partial charge is 0.251 e. The molecular weight excluding hydrogens is 302 g/mol. The summed E-state index contributed by atoms with van der Waals surface area (Å²) < 4.78 is 0.672. The summed E-state index contributed by atoms with van der Waals surface area (Å²) in [5.41, 5.74) is 12.1. The van der Waals surface area contributed by atoms with Crippen molar-refractivity contribution in [3.8, 4) is 0 Å². The number of benzene rings is 1. The molecule has 0 aromatic heterocycles. The summed E-state index contributed by atoms with van der Waals surface area (Å²) in [5.74, 6) is -1.32. The van der Waals surface area contributed by atoms with Crippen molar-refractivity contribution in [3.63, 3.8) is 0 Å². The molecule has 1 rings (SSSR count). The van der Waals surface area contributed by atoms with Crippen LogP contribution < -0.4 is 16.8 Å². The number of rotatable bonds is 4. The van der Waals surface area contributed by atoms with E-state index in [0.29, 0.717) is 21.3 Å². The van der Waals surface area contributed by atoms with E-state index in [2.05, 4.69) is 21.2 Å². The number of carbonyl (C=O) groups is 2. The van der Waals surface area contributed by atoms with E-state index in [-0.39, 0.29) is 6.54 Å². The van der Waals surface area contributed by atoms with Gasteiger partial charge in [0.2, 0.25) is 5.91 Å². The minimum Gasteiger partial charge on any atom is -0.398 e. The Labute approximate surface area is 112 Å². The van der Waals surface area contributed by atoms with Crippen LogP contribution in [0.3, 0.4) is 0 Å². The molecule has 1 atom stereocenters. The zero-order valence-corrected chi connectivity index (χ0v) is 11.3. The number of nitrogens with one attached hydrogen (secondary N) is 1. The summed E-state index contributed by atoms with van der Waals surface area (Å²) in [6.45, 7) is 1.47. The van der Waals surface area contributed by atoms with Crippen molar-refractivity contribution in [2.24, 2.45) is 5.73 Å². The van der Waals surface area contributed by atoms with E-state index in [1.807, 2.05) is 0 Å². The van der Waals surface area contributed by atoms with E-state index in [0.717, 1.165) is 0 Å². The highest BCUT2D eigenvalue weighted by Crippen LogP contribution is 2.22. The Morgan fingerprint density at radius 2 is 2.11 bits per heavy atom. The van der Waals surface area contributed by atoms with Gasteiger partial charge in [-0.3, -0.25) is 9.59 Å². The monoisotopic (exact) mass is 315 g/mol. The lowest BCUT2D eigenvalue weighted by Crippen LogP contribution is -2.40. The van der Waals surface area contributed by atoms with Gasteiger partial charge in [0, 0.05) is 15.7 Å². The van der Waals surface area contributed by atoms with Gasteiger partial charge in [0.15, 0.2) is 0 Å². The maximum Gasteiger partial charge on any atom is 0.251 e. The number of halogens is 1. The molecule has 6 nitrogen and oxygen atoms in total. The highest BCUT2D eigenvalue weighted by atomic mass is 79.9. The number of hydrogen-bond acceptors (Lipinski definition) is 4. The number of primary amides is 1. The molecule has 0 heterocycles. The molecular formula is C11H14BrN3O3. The first-order chi connectivity index (χ1) is 8.32. The summed E-state index contributed by atoms with van der Waals surface area (Å²) in [6.07, 6.45) is -1.40. The van der Waals surface area contributed by atoms with Gasteiger partial charge in [-0.25, -0.2) is 0 Å². The van der Waals surface area contributed by atoms with Crippen LogP contribution in [0.1, 0.15) is 15.9 Å². The summed E-state index contributed by atoms with van der Waals surface area (Å²) in [5, 5.41) is 11.6. The van der Waals surface area contributed by atoms with E-state index >= 15 is 0 Å². The molecule has 2 amide bonds. The summed E-state index contributed by atoms with van der Waals surface area (Å²) in [7, 11) is 0. The topological polar surface area (TPSA) is 118 Å². The van der Waals surface area contributed by atoms with Gasteiger partial charge < -0.3 is 21.9 Å². The fraction of sp³-hybridized carbons (Fsp3) is 0.273. The van der Waals surface area contributed by atoms with Gasteiger partial charge in [0.1, 0.15) is 6.10 Å². The number of aliphatic hydroxyl groups is 1. The molecule has 1 aromatic rings. The highest BCUT2D eigenvalue weighted by molar-refractivity contribution is 9.10. The maximum absolute atomic E-state index is 11.8. The molecule has 0 fully saturated rings. The van der Waals surface area contributed by atoms with E-state index in [9.17, 15) is 14.7 Å². The van der Waals surface area contributed by atoms with Crippen LogP contribution in [0.2, 0.25) is 0 Å².